The number of rotatable bonds is 6. The summed E-state index contributed by atoms with van der Waals surface area (Å²) in [6.45, 7) is 2.64. The van der Waals surface area contributed by atoms with Crippen LogP contribution in [-0.2, 0) is 12.1 Å². The van der Waals surface area contributed by atoms with E-state index in [2.05, 4.69) is 101 Å². The largest absolute Gasteiger partial charge is 0.318 e. The molecular formula is C37H30N4O. The van der Waals surface area contributed by atoms with E-state index in [4.69, 9.17) is 4.98 Å². The maximum atomic E-state index is 13.4. The number of nitrogens with zero attached hydrogens (tertiary/aromatic N) is 4. The Morgan fingerprint density at radius 3 is 1.95 bits per heavy atom. The van der Waals surface area contributed by atoms with Gasteiger partial charge >= 0.3 is 0 Å². The minimum absolute atomic E-state index is 0.0489. The smallest absolute Gasteiger partial charge is 0.207 e. The van der Waals surface area contributed by atoms with Crippen LogP contribution in [-0.4, -0.2) is 25.1 Å². The minimum Gasteiger partial charge on any atom is -0.318 e. The zero-order valence-corrected chi connectivity index (χ0v) is 23.4. The second kappa shape index (κ2) is 10.6. The summed E-state index contributed by atoms with van der Waals surface area (Å²) < 4.78 is 4.04. The van der Waals surface area contributed by atoms with Crippen molar-refractivity contribution in [3.8, 4) is 11.3 Å². The number of hydrogen-bond donors (Lipinski definition) is 0. The normalized spacial score (nSPS) is 14.2. The van der Waals surface area contributed by atoms with Gasteiger partial charge in [0.15, 0.2) is 0 Å². The Labute approximate surface area is 245 Å². The summed E-state index contributed by atoms with van der Waals surface area (Å²) in [6.07, 6.45) is 8.52. The third kappa shape index (κ3) is 4.22. The molecule has 0 atom stereocenters. The number of hydrogen-bond acceptors (Lipinski definition) is 3. The first-order valence-corrected chi connectivity index (χ1v) is 14.2. The fraction of sp³-hybridized carbons (Fsp3) is 0.108. The number of fused-ring (bicyclic) bond motifs is 1. The molecule has 7 rings (SSSR count). The van der Waals surface area contributed by atoms with E-state index in [1.807, 2.05) is 54.3 Å². The molecular weight excluding hydrogens is 516 g/mol. The summed E-state index contributed by atoms with van der Waals surface area (Å²) in [4.78, 5) is 18.4. The molecule has 0 saturated heterocycles. The van der Waals surface area contributed by atoms with E-state index in [1.165, 1.54) is 0 Å². The van der Waals surface area contributed by atoms with Crippen LogP contribution in [0.25, 0.3) is 17.3 Å². The Morgan fingerprint density at radius 1 is 0.762 bits per heavy atom. The van der Waals surface area contributed by atoms with Crippen molar-refractivity contribution in [3.63, 3.8) is 0 Å². The summed E-state index contributed by atoms with van der Waals surface area (Å²) in [5.74, 6) is 0.0489. The Kier molecular flexibility index (Phi) is 6.48. The van der Waals surface area contributed by atoms with Crippen LogP contribution in [0.15, 0.2) is 140 Å². The van der Waals surface area contributed by atoms with Crippen LogP contribution in [0.1, 0.15) is 44.7 Å². The Morgan fingerprint density at radius 2 is 1.33 bits per heavy atom. The van der Waals surface area contributed by atoms with Gasteiger partial charge in [-0.25, -0.2) is 4.98 Å². The van der Waals surface area contributed by atoms with Crippen LogP contribution in [0, 0.1) is 6.92 Å². The van der Waals surface area contributed by atoms with Crippen LogP contribution in [0.2, 0.25) is 0 Å². The Balaban J connectivity index is 1.38. The van der Waals surface area contributed by atoms with Crippen molar-refractivity contribution in [2.24, 2.45) is 0 Å². The van der Waals surface area contributed by atoms with Gasteiger partial charge < -0.3 is 4.57 Å². The molecule has 1 aliphatic rings. The number of Topliss-reactive ketones (excluding diaryl/α,β-unsaturated/α-hetero) is 1. The molecule has 0 N–H and O–H groups in total. The number of allylic oxidation sites excluding steroid dienone is 1. The zero-order valence-electron chi connectivity index (χ0n) is 23.4. The summed E-state index contributed by atoms with van der Waals surface area (Å²) in [6, 6.07) is 39.9. The second-order valence-corrected chi connectivity index (χ2v) is 10.7. The van der Waals surface area contributed by atoms with E-state index in [9.17, 15) is 4.79 Å². The monoisotopic (exact) mass is 546 g/mol. The third-order valence-electron chi connectivity index (χ3n) is 8.23. The lowest BCUT2D eigenvalue weighted by molar-refractivity contribution is 0.101. The first-order valence-electron chi connectivity index (χ1n) is 14.2. The zero-order chi connectivity index (χ0) is 28.5. The summed E-state index contributed by atoms with van der Waals surface area (Å²) in [5.41, 5.74) is 7.98. The van der Waals surface area contributed by atoms with Crippen molar-refractivity contribution < 1.29 is 4.79 Å². The summed E-state index contributed by atoms with van der Waals surface area (Å²) >= 11 is 0. The summed E-state index contributed by atoms with van der Waals surface area (Å²) in [5, 5.41) is 4.37. The van der Waals surface area contributed by atoms with Crippen molar-refractivity contribution in [1.82, 2.24) is 19.3 Å². The molecule has 0 radical (unpaired) electrons. The molecule has 0 spiro atoms. The number of ketones is 1. The van der Waals surface area contributed by atoms with E-state index in [0.29, 0.717) is 18.7 Å². The van der Waals surface area contributed by atoms with Gasteiger partial charge in [0, 0.05) is 23.9 Å². The highest BCUT2D eigenvalue weighted by atomic mass is 16.1. The van der Waals surface area contributed by atoms with Crippen LogP contribution < -0.4 is 0 Å². The third-order valence-corrected chi connectivity index (χ3v) is 8.23. The van der Waals surface area contributed by atoms with Crippen molar-refractivity contribution in [1.29, 1.82) is 0 Å². The van der Waals surface area contributed by atoms with Gasteiger partial charge in [-0.05, 0) is 47.2 Å². The van der Waals surface area contributed by atoms with Crippen molar-refractivity contribution in [3.05, 3.63) is 173 Å². The van der Waals surface area contributed by atoms with Crippen molar-refractivity contribution in [2.45, 2.75) is 25.4 Å². The average Bonchev–Trinajstić information content (AvgIpc) is 3.69. The lowest BCUT2D eigenvalue weighted by Gasteiger charge is -2.37. The van der Waals surface area contributed by atoms with Gasteiger partial charge in [-0.1, -0.05) is 115 Å². The number of carbonyl (C=O) groups excluding carboxylic acids is 1. The maximum absolute atomic E-state index is 13.4. The second-order valence-electron chi connectivity index (χ2n) is 10.7. The van der Waals surface area contributed by atoms with Crippen LogP contribution >= 0.6 is 0 Å². The number of imidazole rings is 1. The molecule has 5 heteroatoms. The molecule has 6 aromatic rings. The lowest BCUT2D eigenvalue weighted by atomic mass is 9.77. The van der Waals surface area contributed by atoms with Gasteiger partial charge in [-0.2, -0.15) is 5.10 Å². The highest BCUT2D eigenvalue weighted by Gasteiger charge is 2.38. The van der Waals surface area contributed by atoms with Gasteiger partial charge in [-0.15, -0.1) is 0 Å². The molecule has 204 valence electrons. The number of aromatic nitrogens is 4. The quantitative estimate of drug-likeness (QED) is 0.160. The molecule has 42 heavy (non-hydrogen) atoms. The number of aryl methyl sites for hydroxylation is 2. The molecule has 2 aromatic heterocycles. The van der Waals surface area contributed by atoms with Gasteiger partial charge in [0.1, 0.15) is 11.2 Å². The molecule has 0 saturated carbocycles. The topological polar surface area (TPSA) is 52.7 Å². The Bertz CT molecular complexity index is 1800. The fourth-order valence-electron chi connectivity index (χ4n) is 6.25. The molecule has 4 aromatic carbocycles. The number of benzene rings is 4. The molecule has 5 nitrogen and oxygen atoms in total. The Hall–Kier alpha value is -5.29. The number of carbonyl (C=O) groups is 1. The molecule has 0 unspecified atom stereocenters. The van der Waals surface area contributed by atoms with E-state index < -0.39 is 5.54 Å². The first kappa shape index (κ1) is 25.7. The van der Waals surface area contributed by atoms with Crippen LogP contribution in [0.3, 0.4) is 0 Å². The standard InChI is InChI=1S/C37H30N4O/c1-27-24-39-41-22-21-29(36(42)35(27)41)23-28-13-11-12-20-33(28)34-25-40(26-38-34)37(30-14-5-2-6-15-30,31-16-7-3-8-17-31)32-18-9-4-10-19-32/h2-20,23-26H,21-22H2,1H3. The molecule has 0 amide bonds. The highest BCUT2D eigenvalue weighted by Crippen LogP contribution is 2.41. The predicted octanol–water partition coefficient (Wildman–Crippen LogP) is 7.57. The minimum atomic E-state index is -0.641. The van der Waals surface area contributed by atoms with Gasteiger partial charge in [0.25, 0.3) is 0 Å². The molecule has 3 heterocycles. The van der Waals surface area contributed by atoms with E-state index >= 15 is 0 Å². The predicted molar refractivity (Wildman–Crippen MR) is 166 cm³/mol. The van der Waals surface area contributed by atoms with Crippen molar-refractivity contribution in [2.75, 3.05) is 0 Å². The SMILES string of the molecule is Cc1cnn2c1C(=O)C(=Cc1ccccc1-c1cn(C(c3ccccc3)(c3ccccc3)c3ccccc3)cn1)CC2. The summed E-state index contributed by atoms with van der Waals surface area (Å²) in [7, 11) is 0. The molecule has 0 fully saturated rings. The van der Waals surface area contributed by atoms with Crippen molar-refractivity contribution >= 4 is 11.9 Å². The highest BCUT2D eigenvalue weighted by molar-refractivity contribution is 6.12. The van der Waals surface area contributed by atoms with Gasteiger partial charge in [0.2, 0.25) is 5.78 Å². The van der Waals surface area contributed by atoms with Crippen LogP contribution in [0.4, 0.5) is 0 Å². The van der Waals surface area contributed by atoms with Gasteiger partial charge in [0.05, 0.1) is 18.2 Å². The molecule has 0 aliphatic carbocycles. The van der Waals surface area contributed by atoms with E-state index in [0.717, 1.165) is 44.6 Å². The van der Waals surface area contributed by atoms with Gasteiger partial charge in [-0.3, -0.25) is 9.48 Å². The van der Waals surface area contributed by atoms with Crippen LogP contribution in [0.5, 0.6) is 0 Å². The maximum Gasteiger partial charge on any atom is 0.207 e. The average molecular weight is 547 g/mol. The first-order chi connectivity index (χ1) is 20.7. The van der Waals surface area contributed by atoms with E-state index in [1.54, 1.807) is 6.20 Å². The lowest BCUT2D eigenvalue weighted by Crippen LogP contribution is -2.36. The fourth-order valence-corrected chi connectivity index (χ4v) is 6.25. The van der Waals surface area contributed by atoms with E-state index in [-0.39, 0.29) is 5.78 Å². The molecule has 1 aliphatic heterocycles. The molecule has 0 bridgehead atoms.